The molecule has 170 valence electrons. The third-order valence-corrected chi connectivity index (χ3v) is 5.26. The summed E-state index contributed by atoms with van der Waals surface area (Å²) in [6.45, 7) is -1.11. The normalized spacial score (nSPS) is 42.0. The van der Waals surface area contributed by atoms with Gasteiger partial charge in [-0.2, -0.15) is 0 Å². The van der Waals surface area contributed by atoms with Gasteiger partial charge in [-0.25, -0.2) is 0 Å². The SMILES string of the molecule is OC[C@@H]1O[C@H](Nc2cccc(N[C@@H]3O[C@H](CO)[C@H](O)[C@H](O)[C@@H]3O)c2)[C@H](O)[C@H](O)[C@H]1O. The van der Waals surface area contributed by atoms with E-state index in [1.807, 2.05) is 0 Å². The van der Waals surface area contributed by atoms with Gasteiger partial charge in [0.15, 0.2) is 12.5 Å². The smallest absolute Gasteiger partial charge is 0.157 e. The summed E-state index contributed by atoms with van der Waals surface area (Å²) in [5, 5.41) is 84.0. The van der Waals surface area contributed by atoms with Crippen LogP contribution in [0.1, 0.15) is 0 Å². The number of hydrogen-bond donors (Lipinski definition) is 10. The number of benzene rings is 1. The molecular formula is C18H28N2O10. The molecule has 0 bridgehead atoms. The summed E-state index contributed by atoms with van der Waals surface area (Å²) in [5.74, 6) is 0. The highest BCUT2D eigenvalue weighted by molar-refractivity contribution is 5.57. The lowest BCUT2D eigenvalue weighted by Crippen LogP contribution is -2.60. The Hall–Kier alpha value is -1.58. The van der Waals surface area contributed by atoms with Gasteiger partial charge in [0.1, 0.15) is 48.8 Å². The van der Waals surface area contributed by atoms with E-state index in [0.29, 0.717) is 11.4 Å². The Morgan fingerprint density at radius 2 is 1.03 bits per heavy atom. The molecule has 2 heterocycles. The standard InChI is InChI=1S/C18H28N2O10/c21-5-9-11(23)13(25)15(27)17(29-9)19-7-2-1-3-8(4-7)20-18-16(28)14(26)12(24)10(6-22)30-18/h1-4,9-28H,5-6H2/t9-,10+,11-,12-,13+,14-,15+,16-,17-,18+/m0/s1. The molecule has 0 unspecified atom stereocenters. The predicted octanol–water partition coefficient (Wildman–Crippen LogP) is -3.89. The molecule has 10 N–H and O–H groups in total. The fraction of sp³-hybridized carbons (Fsp3) is 0.667. The van der Waals surface area contributed by atoms with E-state index in [4.69, 9.17) is 9.47 Å². The number of rotatable bonds is 6. The Balaban J connectivity index is 1.69. The minimum absolute atomic E-state index is 0.425. The topological polar surface area (TPSA) is 204 Å². The number of hydrogen-bond acceptors (Lipinski definition) is 12. The summed E-state index contributed by atoms with van der Waals surface area (Å²) in [4.78, 5) is 0. The summed E-state index contributed by atoms with van der Waals surface area (Å²) in [5.41, 5.74) is 0.850. The zero-order valence-corrected chi connectivity index (χ0v) is 15.9. The van der Waals surface area contributed by atoms with E-state index in [1.165, 1.54) is 0 Å². The summed E-state index contributed by atoms with van der Waals surface area (Å²) >= 11 is 0. The number of ether oxygens (including phenoxy) is 2. The van der Waals surface area contributed by atoms with Crippen LogP contribution in [0.3, 0.4) is 0 Å². The van der Waals surface area contributed by atoms with Crippen LogP contribution >= 0.6 is 0 Å². The van der Waals surface area contributed by atoms with Crippen LogP contribution in [-0.4, -0.2) is 115 Å². The maximum atomic E-state index is 10.1. The van der Waals surface area contributed by atoms with Gasteiger partial charge in [-0.15, -0.1) is 0 Å². The van der Waals surface area contributed by atoms with E-state index in [1.54, 1.807) is 24.3 Å². The first-order valence-electron chi connectivity index (χ1n) is 9.51. The van der Waals surface area contributed by atoms with Gasteiger partial charge in [-0.1, -0.05) is 6.07 Å². The molecule has 0 amide bonds. The molecule has 30 heavy (non-hydrogen) atoms. The summed E-state index contributed by atoms with van der Waals surface area (Å²) in [6, 6.07) is 6.43. The number of anilines is 2. The van der Waals surface area contributed by atoms with Crippen LogP contribution < -0.4 is 10.6 Å². The molecule has 12 nitrogen and oxygen atoms in total. The van der Waals surface area contributed by atoms with Gasteiger partial charge in [-0.05, 0) is 18.2 Å². The molecule has 1 aromatic rings. The lowest BCUT2D eigenvalue weighted by molar-refractivity contribution is -0.221. The van der Waals surface area contributed by atoms with Crippen molar-refractivity contribution in [1.82, 2.24) is 0 Å². The minimum atomic E-state index is -1.52. The van der Waals surface area contributed by atoms with Crippen molar-refractivity contribution in [3.05, 3.63) is 24.3 Å². The lowest BCUT2D eigenvalue weighted by Gasteiger charge is -2.41. The van der Waals surface area contributed by atoms with Crippen LogP contribution in [-0.2, 0) is 9.47 Å². The van der Waals surface area contributed by atoms with Gasteiger partial charge in [-0.3, -0.25) is 0 Å². The zero-order valence-electron chi connectivity index (χ0n) is 15.9. The number of nitrogens with one attached hydrogen (secondary N) is 2. The minimum Gasteiger partial charge on any atom is -0.394 e. The Labute approximate surface area is 171 Å². The van der Waals surface area contributed by atoms with Crippen molar-refractivity contribution in [2.45, 2.75) is 61.3 Å². The Morgan fingerprint density at radius 3 is 1.40 bits per heavy atom. The summed E-state index contributed by atoms with van der Waals surface area (Å²) in [6.07, 6.45) is -13.3. The van der Waals surface area contributed by atoms with Crippen molar-refractivity contribution < 1.29 is 50.3 Å². The quantitative estimate of drug-likeness (QED) is 0.210. The molecule has 2 saturated heterocycles. The fourth-order valence-corrected chi connectivity index (χ4v) is 3.47. The van der Waals surface area contributed by atoms with Crippen LogP contribution in [0.15, 0.2) is 24.3 Å². The van der Waals surface area contributed by atoms with E-state index in [0.717, 1.165) is 0 Å². The molecule has 0 saturated carbocycles. The van der Waals surface area contributed by atoms with Crippen LogP contribution in [0.25, 0.3) is 0 Å². The highest BCUT2D eigenvalue weighted by Crippen LogP contribution is 2.26. The molecule has 2 aliphatic rings. The maximum absolute atomic E-state index is 10.1. The molecule has 0 aliphatic carbocycles. The predicted molar refractivity (Wildman–Crippen MR) is 101 cm³/mol. The van der Waals surface area contributed by atoms with Crippen LogP contribution in [0.2, 0.25) is 0 Å². The molecular weight excluding hydrogens is 404 g/mol. The summed E-state index contributed by atoms with van der Waals surface area (Å²) in [7, 11) is 0. The van der Waals surface area contributed by atoms with E-state index in [2.05, 4.69) is 10.6 Å². The average Bonchev–Trinajstić information content (AvgIpc) is 2.74. The first-order valence-corrected chi connectivity index (χ1v) is 9.51. The van der Waals surface area contributed by atoms with Crippen molar-refractivity contribution in [3.8, 4) is 0 Å². The highest BCUT2D eigenvalue weighted by Gasteiger charge is 2.44. The molecule has 3 rings (SSSR count). The Bertz CT molecular complexity index is 639. The third kappa shape index (κ3) is 4.68. The van der Waals surface area contributed by atoms with Crippen molar-refractivity contribution >= 4 is 11.4 Å². The first-order chi connectivity index (χ1) is 14.3. The Kier molecular flexibility index (Phi) is 7.47. The van der Waals surface area contributed by atoms with Crippen molar-refractivity contribution in [2.24, 2.45) is 0 Å². The molecule has 0 spiro atoms. The second-order valence-corrected chi connectivity index (χ2v) is 7.37. The van der Waals surface area contributed by atoms with Gasteiger partial charge in [0.2, 0.25) is 0 Å². The second-order valence-electron chi connectivity index (χ2n) is 7.37. The number of aliphatic hydroxyl groups excluding tert-OH is 8. The summed E-state index contributed by atoms with van der Waals surface area (Å²) < 4.78 is 10.8. The lowest BCUT2D eigenvalue weighted by atomic mass is 9.98. The van der Waals surface area contributed by atoms with Gasteiger partial charge in [0.25, 0.3) is 0 Å². The van der Waals surface area contributed by atoms with Crippen LogP contribution in [0.4, 0.5) is 11.4 Å². The molecule has 0 radical (unpaired) electrons. The van der Waals surface area contributed by atoms with Crippen molar-refractivity contribution in [3.63, 3.8) is 0 Å². The largest absolute Gasteiger partial charge is 0.394 e. The second kappa shape index (κ2) is 9.70. The monoisotopic (exact) mass is 432 g/mol. The van der Waals surface area contributed by atoms with Gasteiger partial charge in [0.05, 0.1) is 13.2 Å². The van der Waals surface area contributed by atoms with Gasteiger partial charge in [0, 0.05) is 11.4 Å². The van der Waals surface area contributed by atoms with Gasteiger partial charge >= 0.3 is 0 Å². The highest BCUT2D eigenvalue weighted by atomic mass is 16.6. The molecule has 2 fully saturated rings. The van der Waals surface area contributed by atoms with E-state index in [-0.39, 0.29) is 0 Å². The molecule has 12 heteroatoms. The Morgan fingerprint density at radius 1 is 0.633 bits per heavy atom. The number of aliphatic hydroxyl groups is 8. The molecule has 10 atom stereocenters. The van der Waals surface area contributed by atoms with Gasteiger partial charge < -0.3 is 61.0 Å². The average molecular weight is 432 g/mol. The first kappa shape index (κ1) is 23.1. The van der Waals surface area contributed by atoms with Crippen molar-refractivity contribution in [2.75, 3.05) is 23.8 Å². The maximum Gasteiger partial charge on any atom is 0.157 e. The van der Waals surface area contributed by atoms with E-state index in [9.17, 15) is 40.9 Å². The van der Waals surface area contributed by atoms with Crippen molar-refractivity contribution in [1.29, 1.82) is 0 Å². The van der Waals surface area contributed by atoms with E-state index >= 15 is 0 Å². The van der Waals surface area contributed by atoms with Crippen LogP contribution in [0.5, 0.6) is 0 Å². The molecule has 2 aliphatic heterocycles. The third-order valence-electron chi connectivity index (χ3n) is 5.26. The van der Waals surface area contributed by atoms with Crippen LogP contribution in [0, 0.1) is 0 Å². The zero-order chi connectivity index (χ0) is 22.0. The molecule has 0 aromatic heterocycles. The molecule has 1 aromatic carbocycles. The fourth-order valence-electron chi connectivity index (χ4n) is 3.47. The van der Waals surface area contributed by atoms with E-state index < -0.39 is 74.5 Å².